The highest BCUT2D eigenvalue weighted by molar-refractivity contribution is 6.30. The van der Waals surface area contributed by atoms with Crippen LogP contribution in [-0.2, 0) is 9.59 Å². The minimum Gasteiger partial charge on any atom is -0.483 e. The summed E-state index contributed by atoms with van der Waals surface area (Å²) in [6.45, 7) is -0.254. The monoisotopic (exact) mass is 431 g/mol. The molecule has 0 saturated heterocycles. The van der Waals surface area contributed by atoms with E-state index in [0.717, 1.165) is 0 Å². The second-order valence-electron chi connectivity index (χ2n) is 6.37. The molecule has 0 spiro atoms. The van der Waals surface area contributed by atoms with Crippen LogP contribution in [0.3, 0.4) is 0 Å². The summed E-state index contributed by atoms with van der Waals surface area (Å²) in [6, 6.07) is 24.4. The number of benzene rings is 3. The van der Waals surface area contributed by atoms with E-state index in [9.17, 15) is 14.9 Å². The van der Waals surface area contributed by atoms with Gasteiger partial charge in [-0.3, -0.25) is 9.59 Å². The number of hydrogen-bond acceptors (Lipinski definition) is 4. The average Bonchev–Trinajstić information content (AvgIpc) is 2.78. The molecule has 3 aromatic rings. The molecule has 0 bridgehead atoms. The van der Waals surface area contributed by atoms with Crippen molar-refractivity contribution in [1.82, 2.24) is 0 Å². The van der Waals surface area contributed by atoms with Gasteiger partial charge in [-0.15, -0.1) is 0 Å². The van der Waals surface area contributed by atoms with Gasteiger partial charge in [0.25, 0.3) is 11.8 Å². The SMILES string of the molecule is N#C/C(=C\c1cc(Cl)ccc1OCC(=O)Nc1ccccc1)C(=O)Nc1ccccc1. The molecule has 0 aliphatic rings. The third-order valence-corrected chi connectivity index (χ3v) is 4.32. The molecule has 0 fully saturated rings. The lowest BCUT2D eigenvalue weighted by molar-refractivity contribution is -0.118. The van der Waals surface area contributed by atoms with Crippen LogP contribution in [0.2, 0.25) is 5.02 Å². The lowest BCUT2D eigenvalue weighted by atomic mass is 10.1. The van der Waals surface area contributed by atoms with Crippen molar-refractivity contribution in [3.63, 3.8) is 0 Å². The second-order valence-corrected chi connectivity index (χ2v) is 6.81. The normalized spacial score (nSPS) is 10.6. The number of carbonyl (C=O) groups excluding carboxylic acids is 2. The molecule has 6 nitrogen and oxygen atoms in total. The maximum atomic E-state index is 12.5. The van der Waals surface area contributed by atoms with Crippen LogP contribution in [0.5, 0.6) is 5.75 Å². The van der Waals surface area contributed by atoms with E-state index in [-0.39, 0.29) is 18.1 Å². The predicted molar refractivity (Wildman–Crippen MR) is 121 cm³/mol. The Morgan fingerprint density at radius 1 is 0.935 bits per heavy atom. The zero-order valence-electron chi connectivity index (χ0n) is 16.3. The fourth-order valence-electron chi connectivity index (χ4n) is 2.65. The molecule has 0 aliphatic carbocycles. The van der Waals surface area contributed by atoms with Crippen LogP contribution in [0.4, 0.5) is 11.4 Å². The van der Waals surface area contributed by atoms with Crippen LogP contribution in [0.25, 0.3) is 6.08 Å². The van der Waals surface area contributed by atoms with Crippen LogP contribution in [0.1, 0.15) is 5.56 Å². The van der Waals surface area contributed by atoms with Crippen LogP contribution >= 0.6 is 11.6 Å². The van der Waals surface area contributed by atoms with Crippen LogP contribution < -0.4 is 15.4 Å². The Morgan fingerprint density at radius 3 is 2.16 bits per heavy atom. The maximum Gasteiger partial charge on any atom is 0.266 e. The Morgan fingerprint density at radius 2 is 1.55 bits per heavy atom. The zero-order chi connectivity index (χ0) is 22.1. The molecule has 0 radical (unpaired) electrons. The Hall–Kier alpha value is -4.08. The first-order chi connectivity index (χ1) is 15.0. The van der Waals surface area contributed by atoms with E-state index in [4.69, 9.17) is 16.3 Å². The van der Waals surface area contributed by atoms with E-state index in [1.807, 2.05) is 30.3 Å². The van der Waals surface area contributed by atoms with Crippen molar-refractivity contribution in [2.24, 2.45) is 0 Å². The molecule has 0 heterocycles. The average molecular weight is 432 g/mol. The summed E-state index contributed by atoms with van der Waals surface area (Å²) in [5, 5.41) is 15.2. The van der Waals surface area contributed by atoms with E-state index in [2.05, 4.69) is 10.6 Å². The van der Waals surface area contributed by atoms with Gasteiger partial charge in [0.15, 0.2) is 6.61 Å². The number of nitrogens with one attached hydrogen (secondary N) is 2. The molecule has 0 saturated carbocycles. The van der Waals surface area contributed by atoms with Crippen LogP contribution in [0, 0.1) is 11.3 Å². The minimum atomic E-state index is -0.568. The van der Waals surface area contributed by atoms with Gasteiger partial charge < -0.3 is 15.4 Å². The Balaban J connectivity index is 1.74. The largest absolute Gasteiger partial charge is 0.483 e. The van der Waals surface area contributed by atoms with Crippen molar-refractivity contribution in [1.29, 1.82) is 5.26 Å². The summed E-state index contributed by atoms with van der Waals surface area (Å²) in [6.07, 6.45) is 1.37. The van der Waals surface area contributed by atoms with Crippen molar-refractivity contribution in [2.75, 3.05) is 17.2 Å². The molecular weight excluding hydrogens is 414 g/mol. The number of anilines is 2. The third kappa shape index (κ3) is 6.46. The van der Waals surface area contributed by atoms with Gasteiger partial charge in [0.2, 0.25) is 0 Å². The highest BCUT2D eigenvalue weighted by Gasteiger charge is 2.13. The quantitative estimate of drug-likeness (QED) is 0.411. The zero-order valence-corrected chi connectivity index (χ0v) is 17.1. The molecule has 3 rings (SSSR count). The number of hydrogen-bond donors (Lipinski definition) is 2. The van der Waals surface area contributed by atoms with E-state index in [1.165, 1.54) is 6.08 Å². The minimum absolute atomic E-state index is 0.135. The van der Waals surface area contributed by atoms with Gasteiger partial charge in [-0.2, -0.15) is 5.26 Å². The van der Waals surface area contributed by atoms with E-state index >= 15 is 0 Å². The molecule has 31 heavy (non-hydrogen) atoms. The molecule has 3 aromatic carbocycles. The van der Waals surface area contributed by atoms with Crippen molar-refractivity contribution in [3.8, 4) is 11.8 Å². The molecule has 2 N–H and O–H groups in total. The molecule has 0 unspecified atom stereocenters. The maximum absolute atomic E-state index is 12.5. The molecule has 0 atom stereocenters. The molecule has 7 heteroatoms. The van der Waals surface area contributed by atoms with Gasteiger partial charge in [0, 0.05) is 22.0 Å². The van der Waals surface area contributed by atoms with E-state index in [1.54, 1.807) is 54.6 Å². The summed E-state index contributed by atoms with van der Waals surface area (Å²) in [4.78, 5) is 24.6. The van der Waals surface area contributed by atoms with E-state index < -0.39 is 5.91 Å². The highest BCUT2D eigenvalue weighted by Crippen LogP contribution is 2.26. The van der Waals surface area contributed by atoms with E-state index in [0.29, 0.717) is 27.7 Å². The smallest absolute Gasteiger partial charge is 0.266 e. The first-order valence-electron chi connectivity index (χ1n) is 9.30. The summed E-state index contributed by atoms with van der Waals surface area (Å²) in [7, 11) is 0. The Labute approximate surface area is 184 Å². The Bertz CT molecular complexity index is 1140. The van der Waals surface area contributed by atoms with Gasteiger partial charge in [-0.25, -0.2) is 0 Å². The number of rotatable bonds is 7. The highest BCUT2D eigenvalue weighted by atomic mass is 35.5. The first kappa shape index (κ1) is 21.6. The van der Waals surface area contributed by atoms with Crippen molar-refractivity contribution >= 4 is 40.9 Å². The predicted octanol–water partition coefficient (Wildman–Crippen LogP) is 4.90. The number of nitriles is 1. The topological polar surface area (TPSA) is 91.2 Å². The molecule has 2 amide bonds. The number of para-hydroxylation sites is 2. The summed E-state index contributed by atoms with van der Waals surface area (Å²) in [5.74, 6) is -0.604. The van der Waals surface area contributed by atoms with Crippen molar-refractivity contribution < 1.29 is 14.3 Å². The fourth-order valence-corrected chi connectivity index (χ4v) is 2.83. The van der Waals surface area contributed by atoms with Crippen molar-refractivity contribution in [2.45, 2.75) is 0 Å². The van der Waals surface area contributed by atoms with Crippen LogP contribution in [0.15, 0.2) is 84.4 Å². The number of nitrogens with zero attached hydrogens (tertiary/aromatic N) is 1. The lowest BCUT2D eigenvalue weighted by Crippen LogP contribution is -2.20. The number of carbonyl (C=O) groups is 2. The molecular formula is C24H18ClN3O3. The molecule has 0 aliphatic heterocycles. The number of amides is 2. The summed E-state index contributed by atoms with van der Waals surface area (Å²) in [5.41, 5.74) is 1.48. The van der Waals surface area contributed by atoms with Gasteiger partial charge in [-0.1, -0.05) is 48.0 Å². The lowest BCUT2D eigenvalue weighted by Gasteiger charge is -2.11. The van der Waals surface area contributed by atoms with Crippen molar-refractivity contribution in [3.05, 3.63) is 95.0 Å². The first-order valence-corrected chi connectivity index (χ1v) is 9.68. The number of halogens is 1. The molecule has 154 valence electrons. The van der Waals surface area contributed by atoms with Gasteiger partial charge in [0.1, 0.15) is 17.4 Å². The third-order valence-electron chi connectivity index (χ3n) is 4.08. The van der Waals surface area contributed by atoms with Gasteiger partial charge in [-0.05, 0) is 48.5 Å². The summed E-state index contributed by atoms with van der Waals surface area (Å²) < 4.78 is 5.61. The second kappa shape index (κ2) is 10.6. The van der Waals surface area contributed by atoms with Crippen LogP contribution in [-0.4, -0.2) is 18.4 Å². The molecule has 0 aromatic heterocycles. The summed E-state index contributed by atoms with van der Waals surface area (Å²) >= 11 is 6.08. The number of ether oxygens (including phenoxy) is 1. The Kier molecular flexibility index (Phi) is 7.41. The van der Waals surface area contributed by atoms with Gasteiger partial charge in [0.05, 0.1) is 0 Å². The fraction of sp³-hybridized carbons (Fsp3) is 0.0417. The standard InChI is InChI=1S/C24H18ClN3O3/c25-19-11-12-22(31-16-23(29)27-20-7-3-1-4-8-20)17(14-19)13-18(15-26)24(30)28-21-9-5-2-6-10-21/h1-14H,16H2,(H,27,29)(H,28,30)/b18-13+. The van der Waals surface area contributed by atoms with Gasteiger partial charge >= 0.3 is 0 Å².